The fourth-order valence-electron chi connectivity index (χ4n) is 3.94. The molecule has 0 aromatic heterocycles. The van der Waals surface area contributed by atoms with Gasteiger partial charge in [0.15, 0.2) is 6.10 Å². The zero-order valence-electron chi connectivity index (χ0n) is 19.3. The van der Waals surface area contributed by atoms with Crippen LogP contribution in [-0.2, 0) is 17.8 Å². The van der Waals surface area contributed by atoms with Gasteiger partial charge < -0.3 is 19.8 Å². The average molecular weight is 462 g/mol. The lowest BCUT2D eigenvalue weighted by atomic mass is 10.0. The third kappa shape index (κ3) is 5.54. The summed E-state index contributed by atoms with van der Waals surface area (Å²) >= 11 is 0. The summed E-state index contributed by atoms with van der Waals surface area (Å²) in [6, 6.07) is 21.4. The monoisotopic (exact) mass is 461 g/mol. The number of hydrogen-bond acceptors (Lipinski definition) is 4. The molecule has 0 saturated heterocycles. The molecule has 1 atom stereocenters. The predicted molar refractivity (Wildman–Crippen MR) is 131 cm³/mol. The number of anilines is 1. The molecule has 2 amide bonds. The fourth-order valence-corrected chi connectivity index (χ4v) is 3.94. The number of hydrogen-bond donors (Lipinski definition) is 1. The zero-order chi connectivity index (χ0) is 23.9. The highest BCUT2D eigenvalue weighted by Crippen LogP contribution is 2.25. The Balaban J connectivity index is 1.50. The van der Waals surface area contributed by atoms with Crippen LogP contribution in [0.15, 0.2) is 78.0 Å². The Bertz CT molecular complexity index is 1180. The van der Waals surface area contributed by atoms with Crippen LogP contribution < -0.4 is 10.1 Å². The van der Waals surface area contributed by atoms with Crippen molar-refractivity contribution in [2.24, 2.45) is 5.16 Å². The molecule has 0 aliphatic carbocycles. The van der Waals surface area contributed by atoms with Crippen LogP contribution in [0.25, 0.3) is 0 Å². The second-order valence-electron chi connectivity index (χ2n) is 8.13. The largest absolute Gasteiger partial charge is 0.496 e. The molecule has 176 valence electrons. The van der Waals surface area contributed by atoms with Crippen molar-refractivity contribution in [3.8, 4) is 5.75 Å². The first-order chi connectivity index (χ1) is 16.6. The number of ether oxygens (including phenoxy) is 1. The maximum atomic E-state index is 14.4. The third-order valence-corrected chi connectivity index (χ3v) is 5.77. The number of benzene rings is 3. The van der Waals surface area contributed by atoms with E-state index in [1.807, 2.05) is 48.5 Å². The number of carbonyl (C=O) groups is 1. The van der Waals surface area contributed by atoms with Gasteiger partial charge >= 0.3 is 6.03 Å². The molecule has 34 heavy (non-hydrogen) atoms. The first-order valence-corrected chi connectivity index (χ1v) is 11.3. The van der Waals surface area contributed by atoms with Gasteiger partial charge in [0.05, 0.1) is 25.9 Å². The number of nitrogens with zero attached hydrogens (tertiary/aromatic N) is 2. The molecule has 0 radical (unpaired) electrons. The summed E-state index contributed by atoms with van der Waals surface area (Å²) in [5, 5.41) is 7.19. The molecule has 1 N–H and O–H groups in total. The van der Waals surface area contributed by atoms with Crippen molar-refractivity contribution in [3.05, 3.63) is 95.3 Å². The minimum Gasteiger partial charge on any atom is -0.496 e. The standard InChI is InChI=1S/C27H28FN3O3/c1-3-19-9-8-11-21(15-19)29-27(32)31(17-20-10-4-6-13-24(20)28)18-22-16-25(30-34-22)23-12-5-7-14-26(23)33-2/h4-15,22H,3,16-18H2,1-2H3,(H,29,32)/t22-/m1/s1. The molecule has 1 aliphatic heterocycles. The molecule has 0 spiro atoms. The summed E-state index contributed by atoms with van der Waals surface area (Å²) in [6.45, 7) is 2.41. The number of para-hydroxylation sites is 1. The van der Waals surface area contributed by atoms with Crippen molar-refractivity contribution in [1.82, 2.24) is 4.90 Å². The third-order valence-electron chi connectivity index (χ3n) is 5.77. The Morgan fingerprint density at radius 3 is 2.74 bits per heavy atom. The van der Waals surface area contributed by atoms with E-state index in [1.165, 1.54) is 6.07 Å². The maximum Gasteiger partial charge on any atom is 0.322 e. The molecular weight excluding hydrogens is 433 g/mol. The van der Waals surface area contributed by atoms with E-state index in [4.69, 9.17) is 9.57 Å². The maximum absolute atomic E-state index is 14.4. The number of aryl methyl sites for hydroxylation is 1. The van der Waals surface area contributed by atoms with Crippen molar-refractivity contribution < 1.29 is 18.8 Å². The van der Waals surface area contributed by atoms with Crippen LogP contribution in [0.2, 0.25) is 0 Å². The van der Waals surface area contributed by atoms with Crippen LogP contribution in [0.1, 0.15) is 30.0 Å². The van der Waals surface area contributed by atoms with Gasteiger partial charge in [0, 0.05) is 23.2 Å². The molecule has 0 saturated carbocycles. The molecule has 0 fully saturated rings. The fraction of sp³-hybridized carbons (Fsp3) is 0.259. The van der Waals surface area contributed by atoms with E-state index in [1.54, 1.807) is 30.2 Å². The van der Waals surface area contributed by atoms with Crippen LogP contribution in [0.3, 0.4) is 0 Å². The van der Waals surface area contributed by atoms with Gasteiger partial charge in [0.1, 0.15) is 11.6 Å². The first kappa shape index (κ1) is 23.3. The van der Waals surface area contributed by atoms with Gasteiger partial charge in [-0.15, -0.1) is 0 Å². The van der Waals surface area contributed by atoms with E-state index in [9.17, 15) is 9.18 Å². The SMILES string of the molecule is CCc1cccc(NC(=O)N(Cc2ccccc2F)C[C@H]2CC(c3ccccc3OC)=NO2)c1. The molecule has 3 aromatic carbocycles. The van der Waals surface area contributed by atoms with Crippen LogP contribution >= 0.6 is 0 Å². The number of methoxy groups -OCH3 is 1. The lowest BCUT2D eigenvalue weighted by Crippen LogP contribution is -2.40. The highest BCUT2D eigenvalue weighted by molar-refractivity contribution is 6.03. The van der Waals surface area contributed by atoms with Crippen molar-refractivity contribution in [1.29, 1.82) is 0 Å². The Morgan fingerprint density at radius 2 is 1.94 bits per heavy atom. The quantitative estimate of drug-likeness (QED) is 0.473. The first-order valence-electron chi connectivity index (χ1n) is 11.3. The van der Waals surface area contributed by atoms with E-state index in [2.05, 4.69) is 17.4 Å². The number of oxime groups is 1. The molecule has 1 aliphatic rings. The van der Waals surface area contributed by atoms with Crippen LogP contribution in [0.5, 0.6) is 5.75 Å². The number of nitrogens with one attached hydrogen (secondary N) is 1. The van der Waals surface area contributed by atoms with E-state index in [0.29, 0.717) is 23.4 Å². The average Bonchev–Trinajstić information content (AvgIpc) is 3.33. The minimum atomic E-state index is -0.362. The predicted octanol–water partition coefficient (Wildman–Crippen LogP) is 5.62. The van der Waals surface area contributed by atoms with Crippen LogP contribution in [-0.4, -0.2) is 36.4 Å². The highest BCUT2D eigenvalue weighted by Gasteiger charge is 2.28. The van der Waals surface area contributed by atoms with E-state index in [0.717, 1.165) is 23.3 Å². The molecular formula is C27H28FN3O3. The lowest BCUT2D eigenvalue weighted by Gasteiger charge is -2.25. The summed E-state index contributed by atoms with van der Waals surface area (Å²) < 4.78 is 19.8. The van der Waals surface area contributed by atoms with Gasteiger partial charge in [-0.2, -0.15) is 0 Å². The van der Waals surface area contributed by atoms with Gasteiger partial charge in [0.2, 0.25) is 0 Å². The Kier molecular flexibility index (Phi) is 7.42. The van der Waals surface area contributed by atoms with Gasteiger partial charge in [-0.25, -0.2) is 9.18 Å². The molecule has 4 rings (SSSR count). The Labute approximate surface area is 199 Å². The summed E-state index contributed by atoms with van der Waals surface area (Å²) in [4.78, 5) is 20.5. The number of urea groups is 1. The van der Waals surface area contributed by atoms with Gasteiger partial charge in [-0.05, 0) is 42.3 Å². The number of halogens is 1. The van der Waals surface area contributed by atoms with Crippen LogP contribution in [0, 0.1) is 5.82 Å². The Hall–Kier alpha value is -3.87. The topological polar surface area (TPSA) is 63.2 Å². The Morgan fingerprint density at radius 1 is 1.15 bits per heavy atom. The van der Waals surface area contributed by atoms with Gasteiger partial charge in [-0.3, -0.25) is 0 Å². The minimum absolute atomic E-state index is 0.107. The molecule has 0 bridgehead atoms. The second-order valence-corrected chi connectivity index (χ2v) is 8.13. The molecule has 1 heterocycles. The van der Waals surface area contributed by atoms with E-state index < -0.39 is 0 Å². The smallest absolute Gasteiger partial charge is 0.322 e. The van der Waals surface area contributed by atoms with E-state index in [-0.39, 0.29) is 31.0 Å². The molecule has 7 heteroatoms. The van der Waals surface area contributed by atoms with Gasteiger partial charge in [0.25, 0.3) is 0 Å². The van der Waals surface area contributed by atoms with Crippen molar-refractivity contribution in [2.45, 2.75) is 32.4 Å². The normalized spacial score (nSPS) is 14.8. The summed E-state index contributed by atoms with van der Waals surface area (Å²) in [5.74, 6) is 0.355. The summed E-state index contributed by atoms with van der Waals surface area (Å²) in [5.41, 5.74) is 3.86. The molecule has 6 nitrogen and oxygen atoms in total. The lowest BCUT2D eigenvalue weighted by molar-refractivity contribution is 0.0606. The second kappa shape index (κ2) is 10.8. The summed E-state index contributed by atoms with van der Waals surface area (Å²) in [7, 11) is 1.61. The number of amides is 2. The molecule has 3 aromatic rings. The van der Waals surface area contributed by atoms with E-state index >= 15 is 0 Å². The van der Waals surface area contributed by atoms with Crippen molar-refractivity contribution >= 4 is 17.4 Å². The zero-order valence-corrected chi connectivity index (χ0v) is 19.3. The van der Waals surface area contributed by atoms with Gasteiger partial charge in [-0.1, -0.05) is 54.5 Å². The van der Waals surface area contributed by atoms with Crippen LogP contribution in [0.4, 0.5) is 14.9 Å². The summed E-state index contributed by atoms with van der Waals surface area (Å²) in [6.07, 6.45) is 1.01. The van der Waals surface area contributed by atoms with Crippen molar-refractivity contribution in [3.63, 3.8) is 0 Å². The number of rotatable bonds is 8. The number of carbonyl (C=O) groups excluding carboxylic acids is 1. The molecule has 0 unspecified atom stereocenters. The highest BCUT2D eigenvalue weighted by atomic mass is 19.1. The van der Waals surface area contributed by atoms with Crippen molar-refractivity contribution in [2.75, 3.05) is 19.0 Å².